The average molecular weight is 1080 g/mol. The van der Waals surface area contributed by atoms with Crippen molar-refractivity contribution < 1.29 is 37.6 Å². The van der Waals surface area contributed by atoms with Gasteiger partial charge in [0.15, 0.2) is 6.10 Å². The van der Waals surface area contributed by atoms with Crippen LogP contribution in [-0.4, -0.2) is 49.3 Å². The van der Waals surface area contributed by atoms with E-state index in [1.165, 1.54) is 231 Å². The maximum atomic E-state index is 12.7. The first-order chi connectivity index (χ1) is 36.8. The Morgan fingerprint density at radius 1 is 0.413 bits per heavy atom. The highest BCUT2D eigenvalue weighted by atomic mass is 31.2. The molecule has 440 valence electrons. The van der Waals surface area contributed by atoms with Gasteiger partial charge in [-0.05, 0) is 51.4 Å². The van der Waals surface area contributed by atoms with Crippen molar-refractivity contribution in [2.45, 2.75) is 328 Å². The lowest BCUT2D eigenvalue weighted by molar-refractivity contribution is -0.161. The Labute approximate surface area is 464 Å². The fourth-order valence-electron chi connectivity index (χ4n) is 9.51. The van der Waals surface area contributed by atoms with Gasteiger partial charge in [-0.2, -0.15) is 0 Å². The van der Waals surface area contributed by atoms with Crippen LogP contribution in [0.4, 0.5) is 0 Å². The van der Waals surface area contributed by atoms with Gasteiger partial charge in [0.1, 0.15) is 6.61 Å². The van der Waals surface area contributed by atoms with Crippen LogP contribution in [-0.2, 0) is 32.7 Å². The molecular formula is C65H122NO8P. The number of allylic oxidation sites excluding steroid dienone is 8. The molecule has 2 atom stereocenters. The van der Waals surface area contributed by atoms with Crippen LogP contribution >= 0.6 is 7.82 Å². The number of nitrogens with two attached hydrogens (primary N) is 1. The van der Waals surface area contributed by atoms with Gasteiger partial charge in [-0.25, -0.2) is 4.57 Å². The molecule has 0 bridgehead atoms. The summed E-state index contributed by atoms with van der Waals surface area (Å²) in [6.45, 7) is 3.69. The van der Waals surface area contributed by atoms with Gasteiger partial charge in [-0.15, -0.1) is 0 Å². The number of rotatable bonds is 61. The van der Waals surface area contributed by atoms with Crippen molar-refractivity contribution in [3.8, 4) is 0 Å². The second-order valence-electron chi connectivity index (χ2n) is 21.6. The van der Waals surface area contributed by atoms with Crippen molar-refractivity contribution in [2.24, 2.45) is 5.73 Å². The van der Waals surface area contributed by atoms with Crippen molar-refractivity contribution in [1.29, 1.82) is 0 Å². The van der Waals surface area contributed by atoms with Crippen LogP contribution in [0, 0.1) is 0 Å². The van der Waals surface area contributed by atoms with E-state index in [2.05, 4.69) is 62.5 Å². The number of hydrogen-bond acceptors (Lipinski definition) is 8. The molecule has 0 heterocycles. The molecule has 10 heteroatoms. The Balaban J connectivity index is 3.85. The third-order valence-corrected chi connectivity index (χ3v) is 15.2. The highest BCUT2D eigenvalue weighted by molar-refractivity contribution is 7.47. The molecule has 0 aliphatic rings. The molecule has 0 saturated heterocycles. The SMILES string of the molecule is CC/C=C\C/C=C\C/C=C\C/C=C\CCCCCCCCCCCCCCCCCCCCCCC(=O)OC(COC(=O)CCCCCCCCCCCCCCCCCCCCCCC)COP(=O)(O)OCCN. The fraction of sp³-hybridized carbons (Fsp3) is 0.846. The van der Waals surface area contributed by atoms with Crippen LogP contribution in [0.15, 0.2) is 48.6 Å². The lowest BCUT2D eigenvalue weighted by atomic mass is 10.0. The first-order valence-electron chi connectivity index (χ1n) is 32.1. The monoisotopic (exact) mass is 1080 g/mol. The number of phosphoric acid groups is 1. The molecule has 75 heavy (non-hydrogen) atoms. The molecule has 3 N–H and O–H groups in total. The van der Waals surface area contributed by atoms with Crippen molar-refractivity contribution in [3.63, 3.8) is 0 Å². The summed E-state index contributed by atoms with van der Waals surface area (Å²) >= 11 is 0. The maximum Gasteiger partial charge on any atom is 0.472 e. The summed E-state index contributed by atoms with van der Waals surface area (Å²) in [6.07, 6.45) is 76.2. The molecule has 0 rings (SSSR count). The lowest BCUT2D eigenvalue weighted by Crippen LogP contribution is -2.29. The summed E-state index contributed by atoms with van der Waals surface area (Å²) in [7, 11) is -4.39. The number of esters is 2. The smallest absolute Gasteiger partial charge is 0.462 e. The Hall–Kier alpha value is -2.03. The van der Waals surface area contributed by atoms with E-state index in [-0.39, 0.29) is 38.6 Å². The molecule has 2 unspecified atom stereocenters. The molecule has 0 aromatic heterocycles. The van der Waals surface area contributed by atoms with Crippen LogP contribution in [0.25, 0.3) is 0 Å². The second kappa shape index (κ2) is 61.2. The normalized spacial score (nSPS) is 13.3. The largest absolute Gasteiger partial charge is 0.472 e. The standard InChI is InChI=1S/C65H122NO8P/c1-3-5-7-9-11-13-15-17-19-21-23-25-26-27-28-29-30-31-32-33-34-35-36-38-40-42-44-46-48-50-52-54-56-58-65(68)74-63(62-73-75(69,70)72-60-59-66)61-71-64(67)57-55-53-51-49-47-45-43-41-39-37-24-22-20-18-16-14-12-10-8-6-4-2/h5,7,11,13,17,19,23,25,63H,3-4,6,8-10,12,14-16,18,20-22,24,26-62,66H2,1-2H3,(H,69,70)/b7-5-,13-11-,19-17-,25-23-. The topological polar surface area (TPSA) is 134 Å². The summed E-state index contributed by atoms with van der Waals surface area (Å²) in [5, 5.41) is 0. The van der Waals surface area contributed by atoms with E-state index in [1.807, 2.05) is 0 Å². The molecule has 0 fully saturated rings. The fourth-order valence-corrected chi connectivity index (χ4v) is 10.3. The highest BCUT2D eigenvalue weighted by Gasteiger charge is 2.26. The Bertz CT molecular complexity index is 1370. The van der Waals surface area contributed by atoms with Crippen LogP contribution < -0.4 is 5.73 Å². The molecular weight excluding hydrogens is 954 g/mol. The third-order valence-electron chi connectivity index (χ3n) is 14.2. The van der Waals surface area contributed by atoms with Gasteiger partial charge in [-0.1, -0.05) is 306 Å². The van der Waals surface area contributed by atoms with E-state index < -0.39 is 26.5 Å². The van der Waals surface area contributed by atoms with Gasteiger partial charge in [0.2, 0.25) is 0 Å². The number of ether oxygens (including phenoxy) is 2. The molecule has 9 nitrogen and oxygen atoms in total. The van der Waals surface area contributed by atoms with Gasteiger partial charge >= 0.3 is 19.8 Å². The summed E-state index contributed by atoms with van der Waals surface area (Å²) in [4.78, 5) is 35.3. The number of carbonyl (C=O) groups is 2. The number of carbonyl (C=O) groups excluding carboxylic acids is 2. The summed E-state index contributed by atoms with van der Waals surface area (Å²) in [5.74, 6) is -0.807. The first kappa shape index (κ1) is 73.0. The molecule has 0 saturated carbocycles. The van der Waals surface area contributed by atoms with Gasteiger partial charge < -0.3 is 20.1 Å². The number of unbranched alkanes of at least 4 members (excludes halogenated alkanes) is 40. The van der Waals surface area contributed by atoms with Gasteiger partial charge in [0, 0.05) is 19.4 Å². The van der Waals surface area contributed by atoms with E-state index >= 15 is 0 Å². The summed E-state index contributed by atoms with van der Waals surface area (Å²) < 4.78 is 33.1. The molecule has 0 amide bonds. The Kier molecular flexibility index (Phi) is 59.5. The van der Waals surface area contributed by atoms with Crippen LogP contribution in [0.3, 0.4) is 0 Å². The number of phosphoric ester groups is 1. The minimum absolute atomic E-state index is 0.0557. The molecule has 0 aromatic rings. The average Bonchev–Trinajstić information content (AvgIpc) is 3.40. The second-order valence-corrected chi connectivity index (χ2v) is 23.1. The van der Waals surface area contributed by atoms with E-state index in [1.54, 1.807) is 0 Å². The van der Waals surface area contributed by atoms with Crippen molar-refractivity contribution in [3.05, 3.63) is 48.6 Å². The molecule has 0 spiro atoms. The predicted molar refractivity (Wildman–Crippen MR) is 321 cm³/mol. The molecule has 0 aliphatic carbocycles. The van der Waals surface area contributed by atoms with E-state index in [4.69, 9.17) is 24.3 Å². The minimum Gasteiger partial charge on any atom is -0.462 e. The van der Waals surface area contributed by atoms with Crippen molar-refractivity contribution in [2.75, 3.05) is 26.4 Å². The van der Waals surface area contributed by atoms with Gasteiger partial charge in [0.25, 0.3) is 0 Å². The molecule has 0 aromatic carbocycles. The Morgan fingerprint density at radius 2 is 0.733 bits per heavy atom. The third kappa shape index (κ3) is 61.1. The zero-order valence-corrected chi connectivity index (χ0v) is 50.2. The first-order valence-corrected chi connectivity index (χ1v) is 33.6. The molecule has 0 aliphatic heterocycles. The Morgan fingerprint density at radius 3 is 1.09 bits per heavy atom. The van der Waals surface area contributed by atoms with Crippen LogP contribution in [0.2, 0.25) is 0 Å². The highest BCUT2D eigenvalue weighted by Crippen LogP contribution is 2.43. The minimum atomic E-state index is -4.39. The summed E-state index contributed by atoms with van der Waals surface area (Å²) in [6, 6.07) is 0. The predicted octanol–water partition coefficient (Wildman–Crippen LogP) is 20.5. The number of hydrogen-bond donors (Lipinski definition) is 2. The van der Waals surface area contributed by atoms with Gasteiger partial charge in [0.05, 0.1) is 13.2 Å². The van der Waals surface area contributed by atoms with Crippen LogP contribution in [0.5, 0.6) is 0 Å². The lowest BCUT2D eigenvalue weighted by Gasteiger charge is -2.19. The zero-order chi connectivity index (χ0) is 54.5. The zero-order valence-electron chi connectivity index (χ0n) is 49.3. The van der Waals surface area contributed by atoms with Crippen molar-refractivity contribution in [1.82, 2.24) is 0 Å². The van der Waals surface area contributed by atoms with Crippen molar-refractivity contribution >= 4 is 19.8 Å². The van der Waals surface area contributed by atoms with E-state index in [0.717, 1.165) is 57.8 Å². The molecule has 0 radical (unpaired) electrons. The quantitative estimate of drug-likeness (QED) is 0.0264. The van der Waals surface area contributed by atoms with E-state index in [9.17, 15) is 19.0 Å². The van der Waals surface area contributed by atoms with Gasteiger partial charge in [-0.3, -0.25) is 18.6 Å². The summed E-state index contributed by atoms with van der Waals surface area (Å²) in [5.41, 5.74) is 5.39. The maximum absolute atomic E-state index is 12.7. The van der Waals surface area contributed by atoms with E-state index in [0.29, 0.717) is 6.42 Å². The van der Waals surface area contributed by atoms with Crippen LogP contribution in [0.1, 0.15) is 322 Å².